The number of carbonyl (C=O) groups excluding carboxylic acids is 1. The Labute approximate surface area is 111 Å². The standard InChI is InChI=1S/C14H16N2O3/c1-2-6-12(14(18)19)16-13(17)11(9-15)10-7-4-3-5-8-10/h1,3-5,7-8,11-12H,6,9,15H2,(H,16,17)(H,18,19). The van der Waals surface area contributed by atoms with Crippen LogP contribution in [0.25, 0.3) is 0 Å². The number of aliphatic carboxylic acids is 1. The lowest BCUT2D eigenvalue weighted by molar-refractivity contribution is -0.141. The van der Waals surface area contributed by atoms with Crippen LogP contribution in [-0.4, -0.2) is 29.6 Å². The summed E-state index contributed by atoms with van der Waals surface area (Å²) in [4.78, 5) is 23.0. The molecule has 19 heavy (non-hydrogen) atoms. The van der Waals surface area contributed by atoms with Crippen molar-refractivity contribution in [3.05, 3.63) is 35.9 Å². The number of nitrogens with one attached hydrogen (secondary N) is 1. The van der Waals surface area contributed by atoms with E-state index in [1.54, 1.807) is 24.3 Å². The first-order chi connectivity index (χ1) is 9.10. The molecule has 2 unspecified atom stereocenters. The highest BCUT2D eigenvalue weighted by atomic mass is 16.4. The van der Waals surface area contributed by atoms with Crippen molar-refractivity contribution >= 4 is 11.9 Å². The van der Waals surface area contributed by atoms with Crippen LogP contribution in [-0.2, 0) is 9.59 Å². The van der Waals surface area contributed by atoms with Crippen molar-refractivity contribution in [2.24, 2.45) is 5.73 Å². The van der Waals surface area contributed by atoms with E-state index in [0.717, 1.165) is 5.56 Å². The lowest BCUT2D eigenvalue weighted by atomic mass is 9.98. The van der Waals surface area contributed by atoms with Gasteiger partial charge in [0.25, 0.3) is 0 Å². The summed E-state index contributed by atoms with van der Waals surface area (Å²) in [6.45, 7) is 0.0955. The van der Waals surface area contributed by atoms with Gasteiger partial charge in [0.1, 0.15) is 6.04 Å². The van der Waals surface area contributed by atoms with Crippen LogP contribution in [0.15, 0.2) is 30.3 Å². The maximum atomic E-state index is 12.0. The van der Waals surface area contributed by atoms with Crippen LogP contribution in [0.2, 0.25) is 0 Å². The van der Waals surface area contributed by atoms with Crippen molar-refractivity contribution in [3.63, 3.8) is 0 Å². The second kappa shape index (κ2) is 7.19. The molecule has 0 radical (unpaired) electrons. The Morgan fingerprint density at radius 1 is 1.37 bits per heavy atom. The summed E-state index contributed by atoms with van der Waals surface area (Å²) in [5.41, 5.74) is 6.33. The fraction of sp³-hybridized carbons (Fsp3) is 0.286. The van der Waals surface area contributed by atoms with Crippen molar-refractivity contribution in [2.45, 2.75) is 18.4 Å². The molecular formula is C14H16N2O3. The Hall–Kier alpha value is -2.32. The van der Waals surface area contributed by atoms with E-state index in [0.29, 0.717) is 0 Å². The molecule has 0 aliphatic heterocycles. The number of hydrogen-bond acceptors (Lipinski definition) is 3. The third-order valence-electron chi connectivity index (χ3n) is 2.69. The number of amides is 1. The van der Waals surface area contributed by atoms with Crippen LogP contribution in [0.3, 0.4) is 0 Å². The molecule has 100 valence electrons. The third kappa shape index (κ3) is 4.12. The predicted octanol–water partition coefficient (Wildman–Crippen LogP) is 0.322. The zero-order valence-electron chi connectivity index (χ0n) is 10.4. The molecule has 1 aromatic carbocycles. The minimum Gasteiger partial charge on any atom is -0.480 e. The summed E-state index contributed by atoms with van der Waals surface area (Å²) in [6.07, 6.45) is 5.01. The van der Waals surface area contributed by atoms with E-state index in [4.69, 9.17) is 17.3 Å². The maximum absolute atomic E-state index is 12.0. The van der Waals surface area contributed by atoms with Gasteiger partial charge < -0.3 is 16.2 Å². The summed E-state index contributed by atoms with van der Waals surface area (Å²) < 4.78 is 0. The minimum atomic E-state index is -1.16. The van der Waals surface area contributed by atoms with Crippen molar-refractivity contribution in [1.82, 2.24) is 5.32 Å². The third-order valence-corrected chi connectivity index (χ3v) is 2.69. The van der Waals surface area contributed by atoms with Crippen LogP contribution < -0.4 is 11.1 Å². The Bertz CT molecular complexity index is 479. The van der Waals surface area contributed by atoms with Crippen molar-refractivity contribution < 1.29 is 14.7 Å². The van der Waals surface area contributed by atoms with E-state index in [1.807, 2.05) is 6.07 Å². The summed E-state index contributed by atoms with van der Waals surface area (Å²) in [7, 11) is 0. The van der Waals surface area contributed by atoms with E-state index < -0.39 is 23.8 Å². The second-order valence-corrected chi connectivity index (χ2v) is 4.01. The molecule has 5 nitrogen and oxygen atoms in total. The Morgan fingerprint density at radius 2 is 2.00 bits per heavy atom. The number of benzene rings is 1. The molecule has 0 aliphatic carbocycles. The highest BCUT2D eigenvalue weighted by Gasteiger charge is 2.24. The van der Waals surface area contributed by atoms with Gasteiger partial charge in [-0.05, 0) is 5.56 Å². The number of rotatable bonds is 6. The summed E-state index contributed by atoms with van der Waals surface area (Å²) in [6, 6.07) is 7.87. The normalized spacial score (nSPS) is 13.1. The Balaban J connectivity index is 2.80. The number of carboxylic acid groups (broad SMARTS) is 1. The van der Waals surface area contributed by atoms with Crippen LogP contribution in [0, 0.1) is 12.3 Å². The molecule has 0 aromatic heterocycles. The molecule has 1 rings (SSSR count). The van der Waals surface area contributed by atoms with Gasteiger partial charge in [-0.3, -0.25) is 4.79 Å². The first kappa shape index (κ1) is 14.7. The van der Waals surface area contributed by atoms with Gasteiger partial charge in [0.2, 0.25) is 5.91 Å². The zero-order valence-corrected chi connectivity index (χ0v) is 10.4. The Morgan fingerprint density at radius 3 is 2.47 bits per heavy atom. The fourth-order valence-electron chi connectivity index (χ4n) is 1.67. The molecule has 0 fully saturated rings. The molecule has 0 bridgehead atoms. The minimum absolute atomic E-state index is 0.0623. The van der Waals surface area contributed by atoms with Gasteiger partial charge >= 0.3 is 5.97 Å². The highest BCUT2D eigenvalue weighted by molar-refractivity contribution is 5.88. The molecule has 0 heterocycles. The van der Waals surface area contributed by atoms with Gasteiger partial charge in [-0.15, -0.1) is 12.3 Å². The van der Waals surface area contributed by atoms with Crippen LogP contribution >= 0.6 is 0 Å². The average molecular weight is 260 g/mol. The average Bonchev–Trinajstić information content (AvgIpc) is 2.40. The van der Waals surface area contributed by atoms with Crippen LogP contribution in [0.1, 0.15) is 17.9 Å². The lowest BCUT2D eigenvalue weighted by Crippen LogP contribution is -2.44. The number of carboxylic acids is 1. The van der Waals surface area contributed by atoms with E-state index in [2.05, 4.69) is 11.2 Å². The number of nitrogens with two attached hydrogens (primary N) is 1. The molecule has 0 spiro atoms. The van der Waals surface area contributed by atoms with Crippen molar-refractivity contribution in [2.75, 3.05) is 6.54 Å². The molecular weight excluding hydrogens is 244 g/mol. The zero-order chi connectivity index (χ0) is 14.3. The van der Waals surface area contributed by atoms with Gasteiger partial charge in [-0.2, -0.15) is 0 Å². The molecule has 0 saturated heterocycles. The van der Waals surface area contributed by atoms with Gasteiger partial charge in [-0.1, -0.05) is 30.3 Å². The number of hydrogen-bond donors (Lipinski definition) is 3. The predicted molar refractivity (Wildman–Crippen MR) is 71.3 cm³/mol. The van der Waals surface area contributed by atoms with E-state index in [-0.39, 0.29) is 13.0 Å². The van der Waals surface area contributed by atoms with Gasteiger partial charge in [-0.25, -0.2) is 4.79 Å². The first-order valence-electron chi connectivity index (χ1n) is 5.81. The number of carbonyl (C=O) groups is 2. The Kier molecular flexibility index (Phi) is 5.58. The van der Waals surface area contributed by atoms with Crippen molar-refractivity contribution in [3.8, 4) is 12.3 Å². The van der Waals surface area contributed by atoms with Gasteiger partial charge in [0.15, 0.2) is 0 Å². The second-order valence-electron chi connectivity index (χ2n) is 4.01. The van der Waals surface area contributed by atoms with E-state index >= 15 is 0 Å². The maximum Gasteiger partial charge on any atom is 0.327 e. The highest BCUT2D eigenvalue weighted by Crippen LogP contribution is 2.14. The largest absolute Gasteiger partial charge is 0.480 e. The summed E-state index contributed by atoms with van der Waals surface area (Å²) >= 11 is 0. The molecule has 0 saturated carbocycles. The molecule has 5 heteroatoms. The molecule has 4 N–H and O–H groups in total. The molecule has 1 aromatic rings. The van der Waals surface area contributed by atoms with E-state index in [9.17, 15) is 9.59 Å². The van der Waals surface area contributed by atoms with Crippen LogP contribution in [0.5, 0.6) is 0 Å². The monoisotopic (exact) mass is 260 g/mol. The quantitative estimate of drug-likeness (QED) is 0.642. The first-order valence-corrected chi connectivity index (χ1v) is 5.81. The molecule has 1 amide bonds. The lowest BCUT2D eigenvalue weighted by Gasteiger charge is -2.18. The molecule has 0 aliphatic rings. The van der Waals surface area contributed by atoms with Gasteiger partial charge in [0, 0.05) is 13.0 Å². The number of terminal acetylenes is 1. The van der Waals surface area contributed by atoms with Crippen LogP contribution in [0.4, 0.5) is 0 Å². The summed E-state index contributed by atoms with van der Waals surface area (Å²) in [5.74, 6) is 0.0506. The molecule has 2 atom stereocenters. The summed E-state index contributed by atoms with van der Waals surface area (Å²) in [5, 5.41) is 11.3. The van der Waals surface area contributed by atoms with Gasteiger partial charge in [0.05, 0.1) is 5.92 Å². The fourth-order valence-corrected chi connectivity index (χ4v) is 1.67. The van der Waals surface area contributed by atoms with Crippen molar-refractivity contribution in [1.29, 1.82) is 0 Å². The topological polar surface area (TPSA) is 92.4 Å². The van der Waals surface area contributed by atoms with E-state index in [1.165, 1.54) is 0 Å². The SMILES string of the molecule is C#CCC(NC(=O)C(CN)c1ccccc1)C(=O)O. The smallest absolute Gasteiger partial charge is 0.327 e.